The van der Waals surface area contributed by atoms with Crippen molar-refractivity contribution in [1.29, 1.82) is 0 Å². The Morgan fingerprint density at radius 3 is 3.00 bits per heavy atom. The van der Waals surface area contributed by atoms with Gasteiger partial charge in [0.1, 0.15) is 5.69 Å². The van der Waals surface area contributed by atoms with Crippen LogP contribution in [0.3, 0.4) is 0 Å². The molecule has 78 valence electrons. The van der Waals surface area contributed by atoms with E-state index in [1.165, 1.54) is 6.92 Å². The normalized spacial score (nSPS) is 10.8. The molecule has 0 spiro atoms. The number of hydrogen-bond donors (Lipinski definition) is 1. The number of ketones is 1. The van der Waals surface area contributed by atoms with Crippen molar-refractivity contribution in [3.8, 4) is 0 Å². The molecule has 2 heterocycles. The van der Waals surface area contributed by atoms with Gasteiger partial charge in [-0.25, -0.2) is 4.98 Å². The molecule has 0 fully saturated rings. The number of fused-ring (bicyclic) bond motifs is 1. The third kappa shape index (κ3) is 1.75. The Hall–Kier alpha value is -1.71. The molecule has 1 N–H and O–H groups in total. The van der Waals surface area contributed by atoms with Crippen LogP contribution in [0.25, 0.3) is 11.0 Å². The van der Waals surface area contributed by atoms with Gasteiger partial charge in [0, 0.05) is 18.5 Å². The smallest absolute Gasteiger partial charge is 0.181 e. The maximum absolute atomic E-state index is 11.3. The number of Topliss-reactive ketones (excluding diaryl/α,β-unsaturated/α-hetero) is 1. The zero-order chi connectivity index (χ0) is 10.8. The quantitative estimate of drug-likeness (QED) is 0.777. The third-order valence-corrected chi connectivity index (χ3v) is 2.36. The molecule has 0 aromatic carbocycles. The number of nitrogens with zero attached hydrogens (tertiary/aromatic N) is 2. The van der Waals surface area contributed by atoms with Crippen molar-refractivity contribution in [2.24, 2.45) is 0 Å². The van der Waals surface area contributed by atoms with Gasteiger partial charge >= 0.3 is 0 Å². The van der Waals surface area contributed by atoms with Crippen LogP contribution in [0.15, 0.2) is 12.3 Å². The Bertz CT molecular complexity index is 502. The first-order valence-corrected chi connectivity index (χ1v) is 5.06. The highest BCUT2D eigenvalue weighted by molar-refractivity contribution is 6.03. The minimum Gasteiger partial charge on any atom is -0.293 e. The summed E-state index contributed by atoms with van der Waals surface area (Å²) in [6.07, 6.45) is 3.86. The summed E-state index contributed by atoms with van der Waals surface area (Å²) in [6.45, 7) is 3.64. The van der Waals surface area contributed by atoms with Crippen LogP contribution in [-0.2, 0) is 6.42 Å². The van der Waals surface area contributed by atoms with E-state index in [0.29, 0.717) is 11.3 Å². The standard InChI is InChI=1S/C11H13N3O/c1-3-4-8-5-9-10(7(2)15)13-14-11(9)12-6-8/h5-6H,3-4H2,1-2H3,(H,12,13,14). The highest BCUT2D eigenvalue weighted by Crippen LogP contribution is 2.16. The van der Waals surface area contributed by atoms with Gasteiger partial charge in [-0.15, -0.1) is 0 Å². The number of H-pyrrole nitrogens is 1. The maximum Gasteiger partial charge on any atom is 0.181 e. The summed E-state index contributed by atoms with van der Waals surface area (Å²) in [5.74, 6) is -0.00653. The van der Waals surface area contributed by atoms with E-state index in [1.54, 1.807) is 0 Å². The van der Waals surface area contributed by atoms with Crippen molar-refractivity contribution in [1.82, 2.24) is 15.2 Å². The fourth-order valence-corrected chi connectivity index (χ4v) is 1.64. The van der Waals surface area contributed by atoms with E-state index in [-0.39, 0.29) is 5.78 Å². The monoisotopic (exact) mass is 203 g/mol. The molecule has 2 aromatic heterocycles. The number of rotatable bonds is 3. The summed E-state index contributed by atoms with van der Waals surface area (Å²) in [6, 6.07) is 1.99. The molecule has 0 radical (unpaired) electrons. The van der Waals surface area contributed by atoms with Gasteiger partial charge in [0.25, 0.3) is 0 Å². The van der Waals surface area contributed by atoms with E-state index >= 15 is 0 Å². The average Bonchev–Trinajstić information content (AvgIpc) is 2.61. The second-order valence-electron chi connectivity index (χ2n) is 3.62. The summed E-state index contributed by atoms with van der Waals surface area (Å²) in [7, 11) is 0. The summed E-state index contributed by atoms with van der Waals surface area (Å²) >= 11 is 0. The molecular formula is C11H13N3O. The maximum atomic E-state index is 11.3. The first kappa shape index (κ1) is 9.83. The van der Waals surface area contributed by atoms with Crippen LogP contribution in [0, 0.1) is 0 Å². The van der Waals surface area contributed by atoms with E-state index in [4.69, 9.17) is 0 Å². The van der Waals surface area contributed by atoms with Crippen molar-refractivity contribution in [3.63, 3.8) is 0 Å². The number of hydrogen-bond acceptors (Lipinski definition) is 3. The van der Waals surface area contributed by atoms with Crippen molar-refractivity contribution in [3.05, 3.63) is 23.5 Å². The molecule has 0 aliphatic rings. The number of aryl methyl sites for hydroxylation is 1. The average molecular weight is 203 g/mol. The molecule has 0 unspecified atom stereocenters. The van der Waals surface area contributed by atoms with E-state index in [9.17, 15) is 4.79 Å². The topological polar surface area (TPSA) is 58.6 Å². The predicted molar refractivity (Wildman–Crippen MR) is 57.9 cm³/mol. The first-order valence-electron chi connectivity index (χ1n) is 5.06. The number of aromatic nitrogens is 3. The van der Waals surface area contributed by atoms with Crippen LogP contribution in [0.2, 0.25) is 0 Å². The van der Waals surface area contributed by atoms with E-state index in [0.717, 1.165) is 23.8 Å². The number of carbonyl (C=O) groups excluding carboxylic acids is 1. The lowest BCUT2D eigenvalue weighted by atomic mass is 10.1. The van der Waals surface area contributed by atoms with Gasteiger partial charge in [-0.1, -0.05) is 13.3 Å². The minimum absolute atomic E-state index is 0.00653. The van der Waals surface area contributed by atoms with Crippen molar-refractivity contribution < 1.29 is 4.79 Å². The number of pyridine rings is 1. The Labute approximate surface area is 87.7 Å². The van der Waals surface area contributed by atoms with Crippen LogP contribution in [0.1, 0.15) is 36.3 Å². The fourth-order valence-electron chi connectivity index (χ4n) is 1.64. The van der Waals surface area contributed by atoms with Crippen LogP contribution in [0.4, 0.5) is 0 Å². The largest absolute Gasteiger partial charge is 0.293 e. The summed E-state index contributed by atoms with van der Waals surface area (Å²) in [5.41, 5.74) is 2.31. The van der Waals surface area contributed by atoms with E-state index in [1.807, 2.05) is 12.3 Å². The SMILES string of the molecule is CCCc1cnc2n[nH]c(C(C)=O)c2c1. The van der Waals surface area contributed by atoms with E-state index in [2.05, 4.69) is 22.1 Å². The molecule has 15 heavy (non-hydrogen) atoms. The van der Waals surface area contributed by atoms with Crippen LogP contribution in [0.5, 0.6) is 0 Å². The molecule has 4 heteroatoms. The number of carbonyl (C=O) groups is 1. The zero-order valence-electron chi connectivity index (χ0n) is 8.87. The minimum atomic E-state index is -0.00653. The summed E-state index contributed by atoms with van der Waals surface area (Å²) < 4.78 is 0. The molecule has 0 saturated carbocycles. The summed E-state index contributed by atoms with van der Waals surface area (Å²) in [4.78, 5) is 15.5. The van der Waals surface area contributed by atoms with Gasteiger partial charge in [-0.05, 0) is 18.1 Å². The van der Waals surface area contributed by atoms with Gasteiger partial charge < -0.3 is 0 Å². The van der Waals surface area contributed by atoms with Gasteiger partial charge in [-0.2, -0.15) is 5.10 Å². The van der Waals surface area contributed by atoms with Crippen LogP contribution < -0.4 is 0 Å². The molecule has 0 saturated heterocycles. The lowest BCUT2D eigenvalue weighted by Crippen LogP contribution is -1.93. The zero-order valence-corrected chi connectivity index (χ0v) is 8.87. The molecule has 0 aliphatic heterocycles. The lowest BCUT2D eigenvalue weighted by Gasteiger charge is -1.97. The van der Waals surface area contributed by atoms with Crippen LogP contribution in [-0.4, -0.2) is 21.0 Å². The van der Waals surface area contributed by atoms with Gasteiger partial charge in [0.15, 0.2) is 11.4 Å². The Morgan fingerprint density at radius 1 is 1.53 bits per heavy atom. The molecule has 4 nitrogen and oxygen atoms in total. The van der Waals surface area contributed by atoms with Gasteiger partial charge in [-0.3, -0.25) is 9.89 Å². The molecular weight excluding hydrogens is 190 g/mol. The molecule has 0 bridgehead atoms. The van der Waals surface area contributed by atoms with Crippen molar-refractivity contribution in [2.45, 2.75) is 26.7 Å². The molecule has 0 amide bonds. The fraction of sp³-hybridized carbons (Fsp3) is 0.364. The number of aromatic amines is 1. The van der Waals surface area contributed by atoms with Crippen molar-refractivity contribution in [2.75, 3.05) is 0 Å². The van der Waals surface area contributed by atoms with Gasteiger partial charge in [0.05, 0.1) is 0 Å². The predicted octanol–water partition coefficient (Wildman–Crippen LogP) is 2.11. The molecule has 0 aliphatic carbocycles. The highest BCUT2D eigenvalue weighted by atomic mass is 16.1. The second kappa shape index (κ2) is 3.81. The first-order chi connectivity index (χ1) is 7.22. The van der Waals surface area contributed by atoms with Crippen molar-refractivity contribution >= 4 is 16.8 Å². The Balaban J connectivity index is 2.56. The Kier molecular flexibility index (Phi) is 2.49. The third-order valence-electron chi connectivity index (χ3n) is 2.36. The van der Waals surface area contributed by atoms with Crippen LogP contribution >= 0.6 is 0 Å². The second-order valence-corrected chi connectivity index (χ2v) is 3.62. The van der Waals surface area contributed by atoms with Gasteiger partial charge in [0.2, 0.25) is 0 Å². The Morgan fingerprint density at radius 2 is 2.33 bits per heavy atom. The molecule has 2 rings (SSSR count). The highest BCUT2D eigenvalue weighted by Gasteiger charge is 2.10. The molecule has 2 aromatic rings. The van der Waals surface area contributed by atoms with E-state index < -0.39 is 0 Å². The lowest BCUT2D eigenvalue weighted by molar-refractivity contribution is 0.101. The number of nitrogens with one attached hydrogen (secondary N) is 1. The molecule has 0 atom stereocenters. The summed E-state index contributed by atoms with van der Waals surface area (Å²) in [5, 5.41) is 7.53.